The molecule has 3 N–H and O–H groups in total. The highest BCUT2D eigenvalue weighted by Gasteiger charge is 2.23. The average Bonchev–Trinajstić information content (AvgIpc) is 2.54. The average molecular weight is 319 g/mol. The lowest BCUT2D eigenvalue weighted by Gasteiger charge is -2.11. The fourth-order valence-electron chi connectivity index (χ4n) is 2.33. The van der Waals surface area contributed by atoms with Gasteiger partial charge in [0, 0.05) is 16.1 Å². The second-order valence-corrected chi connectivity index (χ2v) is 5.08. The van der Waals surface area contributed by atoms with Crippen LogP contribution in [0, 0.1) is 4.91 Å². The molecule has 1 heterocycles. The van der Waals surface area contributed by atoms with Crippen LogP contribution in [0.5, 0.6) is 5.75 Å². The van der Waals surface area contributed by atoms with E-state index in [1.54, 1.807) is 36.4 Å². The molecule has 0 saturated heterocycles. The molecule has 3 aromatic rings. The number of nitrogens with two attached hydrogens (primary N) is 1. The number of nitrogens with zero attached hydrogens (tertiary/aromatic N) is 2. The van der Waals surface area contributed by atoms with Crippen molar-refractivity contribution < 1.29 is 14.4 Å². The van der Waals surface area contributed by atoms with Gasteiger partial charge in [0.05, 0.1) is 12.1 Å². The van der Waals surface area contributed by atoms with Gasteiger partial charge in [0.1, 0.15) is 11.3 Å². The Labute approximate surface area is 130 Å². The maximum absolute atomic E-state index is 12.4. The Morgan fingerprint density at radius 2 is 2.00 bits per heavy atom. The van der Waals surface area contributed by atoms with E-state index in [1.165, 1.54) is 13.2 Å². The summed E-state index contributed by atoms with van der Waals surface area (Å²) in [6, 6.07) is 11.5. The highest BCUT2D eigenvalue weighted by molar-refractivity contribution is 6.33. The Hall–Kier alpha value is -2.73. The van der Waals surface area contributed by atoms with E-state index in [1.807, 2.05) is 0 Å². The highest BCUT2D eigenvalue weighted by Crippen LogP contribution is 2.32. The number of hydrogen-bond acceptors (Lipinski definition) is 4. The van der Waals surface area contributed by atoms with E-state index in [0.717, 1.165) is 4.73 Å². The van der Waals surface area contributed by atoms with Crippen molar-refractivity contribution in [2.75, 3.05) is 12.8 Å². The topological polar surface area (TPSA) is 83.4 Å². The molecule has 0 amide bonds. The van der Waals surface area contributed by atoms with Gasteiger partial charge in [-0.25, -0.2) is 0 Å². The number of aromatic nitrogens is 2. The summed E-state index contributed by atoms with van der Waals surface area (Å²) in [5.41, 5.74) is 6.97. The molecule has 0 saturated carbocycles. The Balaban J connectivity index is 2.46. The van der Waals surface area contributed by atoms with Gasteiger partial charge < -0.3 is 9.94 Å². The molecule has 1 aromatic heterocycles. The Morgan fingerprint density at radius 1 is 1.27 bits per heavy atom. The fourth-order valence-corrected chi connectivity index (χ4v) is 2.56. The lowest BCUT2D eigenvalue weighted by molar-refractivity contribution is -0.447. The molecule has 0 aliphatic carbocycles. The lowest BCUT2D eigenvalue weighted by atomic mass is 10.1. The Kier molecular flexibility index (Phi) is 3.38. The van der Waals surface area contributed by atoms with Crippen molar-refractivity contribution in [1.29, 1.82) is 0 Å². The normalized spacial score (nSPS) is 10.8. The standard InChI is InChI=1S/C15H13ClN3O3/c1-22-9-6-7-12-13(8-9)18(20)14(15(17)19(12)21)10-4-2-3-5-11(10)16/h2-8,20H,17H2,1H3/q+1. The first-order valence-electron chi connectivity index (χ1n) is 6.43. The van der Waals surface area contributed by atoms with E-state index in [4.69, 9.17) is 22.1 Å². The zero-order valence-corrected chi connectivity index (χ0v) is 12.4. The molecular weight excluding hydrogens is 306 g/mol. The zero-order valence-electron chi connectivity index (χ0n) is 11.7. The molecule has 112 valence electrons. The monoisotopic (exact) mass is 318 g/mol. The van der Waals surface area contributed by atoms with Crippen LogP contribution in [0.25, 0.3) is 22.3 Å². The first-order valence-corrected chi connectivity index (χ1v) is 6.81. The molecule has 0 atom stereocenters. The third kappa shape index (κ3) is 2.05. The number of rotatable bonds is 2. The summed E-state index contributed by atoms with van der Waals surface area (Å²) in [4.78, 5) is 12.4. The summed E-state index contributed by atoms with van der Waals surface area (Å²) >= 11 is 6.15. The summed E-state index contributed by atoms with van der Waals surface area (Å²) in [6.07, 6.45) is 0. The van der Waals surface area contributed by atoms with Crippen LogP contribution in [0.1, 0.15) is 0 Å². The van der Waals surface area contributed by atoms with Crippen molar-refractivity contribution in [2.24, 2.45) is 0 Å². The molecule has 7 heteroatoms. The van der Waals surface area contributed by atoms with Crippen molar-refractivity contribution in [3.05, 3.63) is 52.4 Å². The van der Waals surface area contributed by atoms with Crippen LogP contribution in [0.3, 0.4) is 0 Å². The molecule has 2 aromatic carbocycles. The SMILES string of the molecule is COc1ccc2c(c1)n(O)c(-c1ccccc1Cl)c(N)[n+]2=O. The van der Waals surface area contributed by atoms with Crippen LogP contribution in [0.15, 0.2) is 42.5 Å². The van der Waals surface area contributed by atoms with Gasteiger partial charge in [0.2, 0.25) is 5.52 Å². The first kappa shape index (κ1) is 14.2. The van der Waals surface area contributed by atoms with Gasteiger partial charge in [-0.05, 0) is 18.2 Å². The van der Waals surface area contributed by atoms with Crippen LogP contribution < -0.4 is 14.9 Å². The number of methoxy groups -OCH3 is 1. The van der Waals surface area contributed by atoms with Crippen LogP contribution in [0.4, 0.5) is 5.82 Å². The minimum Gasteiger partial charge on any atom is -0.497 e. The number of halogens is 1. The number of anilines is 1. The number of ether oxygens (including phenoxy) is 1. The van der Waals surface area contributed by atoms with Gasteiger partial charge >= 0.3 is 5.82 Å². The Morgan fingerprint density at radius 3 is 2.68 bits per heavy atom. The van der Waals surface area contributed by atoms with Gasteiger partial charge in [-0.1, -0.05) is 34.7 Å². The molecule has 0 unspecified atom stereocenters. The third-order valence-corrected chi connectivity index (χ3v) is 3.76. The van der Waals surface area contributed by atoms with Gasteiger partial charge in [-0.3, -0.25) is 5.73 Å². The lowest BCUT2D eigenvalue weighted by Crippen LogP contribution is -2.25. The minimum absolute atomic E-state index is 0.126. The number of hydrogen-bond donors (Lipinski definition) is 2. The Bertz CT molecular complexity index is 937. The van der Waals surface area contributed by atoms with Crippen LogP contribution >= 0.6 is 11.6 Å². The second-order valence-electron chi connectivity index (χ2n) is 4.67. The van der Waals surface area contributed by atoms with Crippen molar-refractivity contribution in [3.8, 4) is 17.0 Å². The van der Waals surface area contributed by atoms with Crippen molar-refractivity contribution in [3.63, 3.8) is 0 Å². The van der Waals surface area contributed by atoms with E-state index < -0.39 is 0 Å². The second kappa shape index (κ2) is 5.23. The molecule has 0 aliphatic rings. The summed E-state index contributed by atoms with van der Waals surface area (Å²) in [5.74, 6) is 0.360. The van der Waals surface area contributed by atoms with Crippen LogP contribution in [0.2, 0.25) is 5.02 Å². The summed E-state index contributed by atoms with van der Waals surface area (Å²) in [6.45, 7) is 0. The van der Waals surface area contributed by atoms with Crippen LogP contribution in [-0.2, 0) is 0 Å². The van der Waals surface area contributed by atoms with Gasteiger partial charge in [-0.2, -0.15) is 4.73 Å². The van der Waals surface area contributed by atoms with E-state index >= 15 is 0 Å². The molecule has 3 rings (SSSR count). The molecule has 0 fully saturated rings. The maximum atomic E-state index is 12.4. The largest absolute Gasteiger partial charge is 0.497 e. The van der Waals surface area contributed by atoms with Gasteiger partial charge in [0.25, 0.3) is 0 Å². The molecule has 6 nitrogen and oxygen atoms in total. The van der Waals surface area contributed by atoms with Crippen molar-refractivity contribution >= 4 is 28.5 Å². The summed E-state index contributed by atoms with van der Waals surface area (Å²) in [7, 11) is 1.50. The predicted octanol–water partition coefficient (Wildman–Crippen LogP) is 2.70. The number of fused-ring (bicyclic) bond motifs is 1. The van der Waals surface area contributed by atoms with Crippen molar-refractivity contribution in [1.82, 2.24) is 4.73 Å². The molecule has 0 radical (unpaired) electrons. The van der Waals surface area contributed by atoms with Crippen LogP contribution in [-0.4, -0.2) is 17.0 Å². The zero-order chi connectivity index (χ0) is 15.9. The van der Waals surface area contributed by atoms with E-state index in [-0.39, 0.29) is 22.5 Å². The summed E-state index contributed by atoms with van der Waals surface area (Å²) < 4.78 is 6.53. The molecule has 22 heavy (non-hydrogen) atoms. The quantitative estimate of drug-likeness (QED) is 0.562. The van der Waals surface area contributed by atoms with E-state index in [9.17, 15) is 10.1 Å². The van der Waals surface area contributed by atoms with Gasteiger partial charge in [0.15, 0.2) is 5.69 Å². The number of benzene rings is 2. The molecule has 0 spiro atoms. The fraction of sp³-hybridized carbons (Fsp3) is 0.0667. The third-order valence-electron chi connectivity index (χ3n) is 3.43. The highest BCUT2D eigenvalue weighted by atomic mass is 35.5. The predicted molar refractivity (Wildman–Crippen MR) is 83.9 cm³/mol. The first-order chi connectivity index (χ1) is 10.5. The van der Waals surface area contributed by atoms with Crippen molar-refractivity contribution in [2.45, 2.75) is 0 Å². The van der Waals surface area contributed by atoms with Gasteiger partial charge in [-0.15, -0.1) is 0 Å². The summed E-state index contributed by atoms with van der Waals surface area (Å²) in [5, 5.41) is 10.9. The smallest absolute Gasteiger partial charge is 0.345 e. The molecular formula is C15H13ClN3O3+. The minimum atomic E-state index is -0.145. The van der Waals surface area contributed by atoms with E-state index in [0.29, 0.717) is 20.8 Å². The maximum Gasteiger partial charge on any atom is 0.345 e. The molecule has 0 aliphatic heterocycles. The number of nitrogen functional groups attached to an aromatic ring is 1. The molecule has 0 bridgehead atoms. The van der Waals surface area contributed by atoms with E-state index in [2.05, 4.69) is 0 Å².